The van der Waals surface area contributed by atoms with Crippen LogP contribution in [0.2, 0.25) is 0 Å². The zero-order valence-corrected chi connectivity index (χ0v) is 11.2. The van der Waals surface area contributed by atoms with Gasteiger partial charge in [0.25, 0.3) is 0 Å². The van der Waals surface area contributed by atoms with Gasteiger partial charge in [-0.2, -0.15) is 0 Å². The van der Waals surface area contributed by atoms with Crippen LogP contribution in [0.15, 0.2) is 42.7 Å². The number of nitrogens with zero attached hydrogens (tertiary/aromatic N) is 2. The highest BCUT2D eigenvalue weighted by molar-refractivity contribution is 7.52. The fourth-order valence-electron chi connectivity index (χ4n) is 1.61. The first-order valence-electron chi connectivity index (χ1n) is 5.62. The Morgan fingerprint density at radius 2 is 1.74 bits per heavy atom. The van der Waals surface area contributed by atoms with E-state index in [2.05, 4.69) is 15.3 Å². The Bertz CT molecular complexity index is 583. The molecule has 100 valence electrons. The number of hydrogen-bond acceptors (Lipinski definition) is 4. The molecule has 19 heavy (non-hydrogen) atoms. The molecule has 0 aliphatic rings. The van der Waals surface area contributed by atoms with Crippen molar-refractivity contribution < 1.29 is 14.4 Å². The molecule has 6 nitrogen and oxygen atoms in total. The monoisotopic (exact) mass is 279 g/mol. The van der Waals surface area contributed by atoms with Crippen LogP contribution in [-0.4, -0.2) is 19.8 Å². The van der Waals surface area contributed by atoms with Crippen LogP contribution in [0.5, 0.6) is 0 Å². The molecule has 0 saturated carbocycles. The van der Waals surface area contributed by atoms with Crippen LogP contribution in [0.25, 0.3) is 0 Å². The quantitative estimate of drug-likeness (QED) is 0.741. The number of anilines is 1. The van der Waals surface area contributed by atoms with E-state index >= 15 is 0 Å². The van der Waals surface area contributed by atoms with E-state index in [1.54, 1.807) is 30.3 Å². The molecule has 7 heteroatoms. The van der Waals surface area contributed by atoms with E-state index in [-0.39, 0.29) is 5.95 Å². The summed E-state index contributed by atoms with van der Waals surface area (Å²) in [4.78, 5) is 26.7. The first kappa shape index (κ1) is 13.7. The van der Waals surface area contributed by atoms with Crippen molar-refractivity contribution in [2.24, 2.45) is 0 Å². The lowest BCUT2D eigenvalue weighted by Gasteiger charge is -2.20. The molecule has 0 fully saturated rings. The molecule has 1 unspecified atom stereocenters. The Labute approximate surface area is 110 Å². The van der Waals surface area contributed by atoms with Crippen molar-refractivity contribution in [2.75, 3.05) is 5.32 Å². The second kappa shape index (κ2) is 5.48. The van der Waals surface area contributed by atoms with Crippen LogP contribution in [0, 0.1) is 6.92 Å². The van der Waals surface area contributed by atoms with E-state index < -0.39 is 13.4 Å². The summed E-state index contributed by atoms with van der Waals surface area (Å²) in [6.07, 6.45) is 3.00. The molecule has 0 spiro atoms. The van der Waals surface area contributed by atoms with Gasteiger partial charge in [-0.05, 0) is 18.6 Å². The van der Waals surface area contributed by atoms with E-state index in [4.69, 9.17) is 0 Å². The van der Waals surface area contributed by atoms with Gasteiger partial charge in [-0.15, -0.1) is 0 Å². The number of rotatable bonds is 4. The van der Waals surface area contributed by atoms with Gasteiger partial charge in [0.2, 0.25) is 5.95 Å². The molecule has 2 aromatic rings. The first-order valence-corrected chi connectivity index (χ1v) is 7.30. The average molecular weight is 279 g/mol. The van der Waals surface area contributed by atoms with Crippen molar-refractivity contribution >= 4 is 13.5 Å². The van der Waals surface area contributed by atoms with Gasteiger partial charge in [-0.3, -0.25) is 4.57 Å². The van der Waals surface area contributed by atoms with Gasteiger partial charge in [0, 0.05) is 12.4 Å². The van der Waals surface area contributed by atoms with E-state index in [1.165, 1.54) is 12.4 Å². The third kappa shape index (κ3) is 3.61. The highest BCUT2D eigenvalue weighted by atomic mass is 31.2. The smallest absolute Gasteiger partial charge is 0.336 e. The van der Waals surface area contributed by atoms with Crippen LogP contribution in [0.3, 0.4) is 0 Å². The summed E-state index contributed by atoms with van der Waals surface area (Å²) in [5, 5.41) is 2.67. The third-order valence-electron chi connectivity index (χ3n) is 2.56. The molecule has 1 aromatic heterocycles. The Hall–Kier alpha value is -1.75. The number of aromatic nitrogens is 2. The van der Waals surface area contributed by atoms with Crippen LogP contribution in [0.4, 0.5) is 5.95 Å². The zero-order valence-electron chi connectivity index (χ0n) is 10.3. The van der Waals surface area contributed by atoms with Gasteiger partial charge in [-0.25, -0.2) is 9.97 Å². The topological polar surface area (TPSA) is 95.3 Å². The maximum atomic E-state index is 11.6. The summed E-state index contributed by atoms with van der Waals surface area (Å²) in [6.45, 7) is 1.91. The fraction of sp³-hybridized carbons (Fsp3) is 0.167. The van der Waals surface area contributed by atoms with Crippen LogP contribution < -0.4 is 5.32 Å². The molecule has 1 atom stereocenters. The van der Waals surface area contributed by atoms with Crippen molar-refractivity contribution in [3.05, 3.63) is 53.9 Å². The van der Waals surface area contributed by atoms with Crippen LogP contribution in [0.1, 0.15) is 16.9 Å². The lowest BCUT2D eigenvalue weighted by atomic mass is 10.1. The standard InChI is InChI=1S/C12H14N3O3P/c1-9-3-5-10(6-4-9)11(19(16,17)18)15-12-13-7-2-8-14-12/h2-8,11H,1H3,(H,13,14,15)(H2,16,17,18). The molecule has 0 aliphatic heterocycles. The van der Waals surface area contributed by atoms with Gasteiger partial charge in [0.05, 0.1) is 0 Å². The molecule has 0 aliphatic carbocycles. The third-order valence-corrected chi connectivity index (χ3v) is 3.66. The summed E-state index contributed by atoms with van der Waals surface area (Å²) in [6, 6.07) is 8.57. The van der Waals surface area contributed by atoms with E-state index in [0.29, 0.717) is 5.56 Å². The minimum atomic E-state index is -4.37. The van der Waals surface area contributed by atoms with Gasteiger partial charge in [0.15, 0.2) is 5.78 Å². The largest absolute Gasteiger partial charge is 0.352 e. The molecule has 1 heterocycles. The van der Waals surface area contributed by atoms with Gasteiger partial charge in [0.1, 0.15) is 0 Å². The summed E-state index contributed by atoms with van der Waals surface area (Å²) in [5.74, 6) is -0.980. The molecule has 3 N–H and O–H groups in total. The second-order valence-electron chi connectivity index (χ2n) is 4.12. The zero-order chi connectivity index (χ0) is 13.9. The maximum Gasteiger partial charge on any atom is 0.352 e. The summed E-state index contributed by atoms with van der Waals surface area (Å²) in [5.41, 5.74) is 1.51. The highest BCUT2D eigenvalue weighted by Gasteiger charge is 2.31. The SMILES string of the molecule is Cc1ccc(C(Nc2ncccn2)P(=O)(O)O)cc1. The minimum Gasteiger partial charge on any atom is -0.336 e. The Kier molecular flexibility index (Phi) is 3.95. The molecular formula is C12H14N3O3P. The lowest BCUT2D eigenvalue weighted by Crippen LogP contribution is -2.13. The molecule has 0 radical (unpaired) electrons. The van der Waals surface area contributed by atoms with E-state index in [1.807, 2.05) is 6.92 Å². The Balaban J connectivity index is 2.32. The lowest BCUT2D eigenvalue weighted by molar-refractivity contribution is 0.363. The number of nitrogens with one attached hydrogen (secondary N) is 1. The maximum absolute atomic E-state index is 11.6. The highest BCUT2D eigenvalue weighted by Crippen LogP contribution is 2.51. The van der Waals surface area contributed by atoms with E-state index in [9.17, 15) is 14.4 Å². The Morgan fingerprint density at radius 1 is 1.16 bits per heavy atom. The van der Waals surface area contributed by atoms with E-state index in [0.717, 1.165) is 5.56 Å². The molecule has 0 bridgehead atoms. The van der Waals surface area contributed by atoms with Crippen molar-refractivity contribution in [3.8, 4) is 0 Å². The number of benzene rings is 1. The molecular weight excluding hydrogens is 265 g/mol. The van der Waals surface area contributed by atoms with Crippen LogP contribution in [-0.2, 0) is 4.57 Å². The summed E-state index contributed by atoms with van der Waals surface area (Å²) in [7, 11) is -4.37. The molecule has 1 aromatic carbocycles. The predicted molar refractivity (Wildman–Crippen MR) is 71.6 cm³/mol. The van der Waals surface area contributed by atoms with Crippen molar-refractivity contribution in [1.82, 2.24) is 9.97 Å². The molecule has 2 rings (SSSR count). The average Bonchev–Trinajstić information content (AvgIpc) is 2.37. The molecule has 0 saturated heterocycles. The first-order chi connectivity index (χ1) is 8.97. The van der Waals surface area contributed by atoms with Gasteiger partial charge >= 0.3 is 7.60 Å². The predicted octanol–water partition coefficient (Wildman–Crippen LogP) is 2.07. The Morgan fingerprint density at radius 3 is 2.26 bits per heavy atom. The van der Waals surface area contributed by atoms with Crippen molar-refractivity contribution in [1.29, 1.82) is 0 Å². The number of aryl methyl sites for hydroxylation is 1. The fourth-order valence-corrected chi connectivity index (χ4v) is 2.45. The summed E-state index contributed by atoms with van der Waals surface area (Å²) < 4.78 is 11.6. The van der Waals surface area contributed by atoms with Crippen molar-refractivity contribution in [2.45, 2.75) is 12.7 Å². The van der Waals surface area contributed by atoms with Crippen molar-refractivity contribution in [3.63, 3.8) is 0 Å². The van der Waals surface area contributed by atoms with Gasteiger partial charge in [-0.1, -0.05) is 29.8 Å². The molecule has 0 amide bonds. The normalized spacial score (nSPS) is 13.0. The minimum absolute atomic E-state index is 0.177. The van der Waals surface area contributed by atoms with Gasteiger partial charge < -0.3 is 15.1 Å². The van der Waals surface area contributed by atoms with Crippen LogP contribution >= 0.6 is 7.60 Å². The summed E-state index contributed by atoms with van der Waals surface area (Å²) >= 11 is 0. The number of hydrogen-bond donors (Lipinski definition) is 3. The second-order valence-corrected chi connectivity index (χ2v) is 5.81.